The van der Waals surface area contributed by atoms with Crippen molar-refractivity contribution in [2.45, 2.75) is 432 Å². The molecular formula is C79H154O17P2. The Labute approximate surface area is 600 Å². The van der Waals surface area contributed by atoms with E-state index in [2.05, 4.69) is 41.5 Å². The topological polar surface area (TPSA) is 237 Å². The fourth-order valence-corrected chi connectivity index (χ4v) is 13.7. The van der Waals surface area contributed by atoms with Gasteiger partial charge in [-0.3, -0.25) is 37.3 Å². The van der Waals surface area contributed by atoms with Gasteiger partial charge in [0.05, 0.1) is 26.4 Å². The lowest BCUT2D eigenvalue weighted by Gasteiger charge is -2.21. The molecule has 19 heteroatoms. The zero-order chi connectivity index (χ0) is 72.1. The number of rotatable bonds is 78. The molecule has 98 heavy (non-hydrogen) atoms. The van der Waals surface area contributed by atoms with E-state index in [9.17, 15) is 43.2 Å². The third-order valence-corrected chi connectivity index (χ3v) is 20.7. The molecule has 0 aromatic carbocycles. The van der Waals surface area contributed by atoms with Crippen LogP contribution in [0.15, 0.2) is 0 Å². The maximum absolute atomic E-state index is 13.1. The van der Waals surface area contributed by atoms with Crippen LogP contribution in [0.2, 0.25) is 0 Å². The summed E-state index contributed by atoms with van der Waals surface area (Å²) in [6, 6.07) is 0. The highest BCUT2D eigenvalue weighted by atomic mass is 31.2. The second-order valence-electron chi connectivity index (χ2n) is 29.2. The standard InChI is InChI=1S/C79H154O17P2/c1-7-10-12-14-16-18-20-22-23-24-25-26-32-36-40-44-52-58-64-78(83)95-74(67-89-76(81)61-55-49-42-38-34-31-28-27-30-33-37-41-47-53-59-71(4)5)69-93-97(85,86)91-65-73(80)66-92-98(87,88)94-70-75(68-90-77(82)62-56-50-46-45-48-54-60-72(6)9-3)96-79(84)63-57-51-43-39-35-29-21-19-17-15-13-11-8-2/h71-75,80H,7-70H2,1-6H3,(H,85,86)(H,87,88)/t72?,73-,74-,75-/m1/s1. The van der Waals surface area contributed by atoms with Gasteiger partial charge in [-0.1, -0.05) is 363 Å². The van der Waals surface area contributed by atoms with E-state index in [0.717, 1.165) is 108 Å². The van der Waals surface area contributed by atoms with Crippen molar-refractivity contribution in [3.63, 3.8) is 0 Å². The Balaban J connectivity index is 5.24. The number of esters is 4. The molecule has 582 valence electrons. The Kier molecular flexibility index (Phi) is 69.3. The molecule has 0 aliphatic rings. The summed E-state index contributed by atoms with van der Waals surface area (Å²) in [7, 11) is -9.92. The highest BCUT2D eigenvalue weighted by Gasteiger charge is 2.30. The average Bonchev–Trinajstić information content (AvgIpc) is 1.00. The van der Waals surface area contributed by atoms with Gasteiger partial charge >= 0.3 is 39.5 Å². The minimum absolute atomic E-state index is 0.107. The van der Waals surface area contributed by atoms with E-state index in [-0.39, 0.29) is 25.7 Å². The van der Waals surface area contributed by atoms with Crippen LogP contribution in [-0.2, 0) is 65.4 Å². The molecule has 6 atom stereocenters. The molecule has 0 heterocycles. The first kappa shape index (κ1) is 96.1. The van der Waals surface area contributed by atoms with E-state index in [4.69, 9.17) is 37.0 Å². The molecule has 0 aliphatic heterocycles. The first-order valence-electron chi connectivity index (χ1n) is 41.0. The summed E-state index contributed by atoms with van der Waals surface area (Å²) in [6.07, 6.45) is 59.6. The molecule has 0 amide bonds. The number of hydrogen-bond acceptors (Lipinski definition) is 15. The lowest BCUT2D eigenvalue weighted by molar-refractivity contribution is -0.161. The Morgan fingerprint density at radius 3 is 0.776 bits per heavy atom. The van der Waals surface area contributed by atoms with Crippen molar-refractivity contribution in [1.29, 1.82) is 0 Å². The molecule has 0 fully saturated rings. The number of aliphatic hydroxyl groups is 1. The number of carbonyl (C=O) groups excluding carboxylic acids is 4. The predicted octanol–water partition coefficient (Wildman–Crippen LogP) is 23.5. The summed E-state index contributed by atoms with van der Waals surface area (Å²) >= 11 is 0. The third kappa shape index (κ3) is 71.1. The monoisotopic (exact) mass is 1440 g/mol. The Bertz CT molecular complexity index is 1890. The quantitative estimate of drug-likeness (QED) is 0.0222. The van der Waals surface area contributed by atoms with Gasteiger partial charge in [0.15, 0.2) is 12.2 Å². The van der Waals surface area contributed by atoms with Crippen molar-refractivity contribution in [3.05, 3.63) is 0 Å². The summed E-state index contributed by atoms with van der Waals surface area (Å²) in [6.45, 7) is 9.61. The second kappa shape index (κ2) is 70.7. The molecule has 0 saturated heterocycles. The number of unbranched alkanes of at least 4 members (excludes halogenated alkanes) is 47. The molecule has 0 saturated carbocycles. The van der Waals surface area contributed by atoms with Crippen molar-refractivity contribution in [1.82, 2.24) is 0 Å². The fourth-order valence-electron chi connectivity index (χ4n) is 12.2. The first-order valence-corrected chi connectivity index (χ1v) is 44.0. The molecule has 0 radical (unpaired) electrons. The van der Waals surface area contributed by atoms with Gasteiger partial charge < -0.3 is 33.8 Å². The number of hydrogen-bond donors (Lipinski definition) is 3. The van der Waals surface area contributed by atoms with Crippen molar-refractivity contribution in [3.8, 4) is 0 Å². The van der Waals surface area contributed by atoms with Gasteiger partial charge in [-0.15, -0.1) is 0 Å². The van der Waals surface area contributed by atoms with Crippen molar-refractivity contribution in [2.75, 3.05) is 39.6 Å². The Morgan fingerprint density at radius 1 is 0.296 bits per heavy atom. The van der Waals surface area contributed by atoms with E-state index >= 15 is 0 Å². The van der Waals surface area contributed by atoms with Crippen molar-refractivity contribution >= 4 is 39.5 Å². The normalized spacial score (nSPS) is 14.2. The highest BCUT2D eigenvalue weighted by Crippen LogP contribution is 2.45. The molecule has 0 aliphatic carbocycles. The zero-order valence-corrected chi connectivity index (χ0v) is 65.9. The van der Waals surface area contributed by atoms with Crippen LogP contribution < -0.4 is 0 Å². The maximum Gasteiger partial charge on any atom is 0.472 e. The average molecular weight is 1440 g/mol. The van der Waals surface area contributed by atoms with Crippen LogP contribution in [0.4, 0.5) is 0 Å². The number of aliphatic hydroxyl groups excluding tert-OH is 1. The molecule has 0 aromatic rings. The zero-order valence-electron chi connectivity index (χ0n) is 64.1. The summed E-state index contributed by atoms with van der Waals surface area (Å²) in [4.78, 5) is 72.9. The van der Waals surface area contributed by atoms with Crippen LogP contribution in [0.25, 0.3) is 0 Å². The number of phosphoric acid groups is 2. The lowest BCUT2D eigenvalue weighted by Crippen LogP contribution is -2.30. The van der Waals surface area contributed by atoms with Gasteiger partial charge in [-0.05, 0) is 37.5 Å². The van der Waals surface area contributed by atoms with E-state index in [1.165, 1.54) is 225 Å². The van der Waals surface area contributed by atoms with E-state index in [0.29, 0.717) is 25.7 Å². The van der Waals surface area contributed by atoms with Crippen LogP contribution in [-0.4, -0.2) is 96.7 Å². The fraction of sp³-hybridized carbons (Fsp3) is 0.949. The molecule has 0 bridgehead atoms. The minimum atomic E-state index is -4.96. The van der Waals surface area contributed by atoms with Crippen LogP contribution in [0, 0.1) is 11.8 Å². The van der Waals surface area contributed by atoms with Gasteiger partial charge in [0.2, 0.25) is 0 Å². The van der Waals surface area contributed by atoms with Gasteiger partial charge in [-0.2, -0.15) is 0 Å². The van der Waals surface area contributed by atoms with Gasteiger partial charge in [0.25, 0.3) is 0 Å². The summed E-state index contributed by atoms with van der Waals surface area (Å²) in [5, 5.41) is 10.6. The summed E-state index contributed by atoms with van der Waals surface area (Å²) < 4.78 is 68.6. The molecule has 0 rings (SSSR count). The largest absolute Gasteiger partial charge is 0.472 e. The molecular weight excluding hydrogens is 1280 g/mol. The van der Waals surface area contributed by atoms with E-state index in [1.807, 2.05) is 0 Å². The van der Waals surface area contributed by atoms with Crippen LogP contribution in [0.1, 0.15) is 414 Å². The molecule has 3 N–H and O–H groups in total. The van der Waals surface area contributed by atoms with Crippen molar-refractivity contribution in [2.24, 2.45) is 11.8 Å². The molecule has 0 aromatic heterocycles. The molecule has 3 unspecified atom stereocenters. The summed E-state index contributed by atoms with van der Waals surface area (Å²) in [5.74, 6) is -0.580. The minimum Gasteiger partial charge on any atom is -0.462 e. The Morgan fingerprint density at radius 2 is 0.520 bits per heavy atom. The number of carbonyl (C=O) groups is 4. The van der Waals surface area contributed by atoms with Crippen molar-refractivity contribution < 1.29 is 80.2 Å². The van der Waals surface area contributed by atoms with Gasteiger partial charge in [-0.25, -0.2) is 9.13 Å². The van der Waals surface area contributed by atoms with Crippen LogP contribution in [0.3, 0.4) is 0 Å². The summed E-state index contributed by atoms with van der Waals surface area (Å²) in [5.41, 5.74) is 0. The second-order valence-corrected chi connectivity index (χ2v) is 32.1. The van der Waals surface area contributed by atoms with E-state index in [1.54, 1.807) is 0 Å². The maximum atomic E-state index is 13.1. The highest BCUT2D eigenvalue weighted by molar-refractivity contribution is 7.47. The predicted molar refractivity (Wildman–Crippen MR) is 400 cm³/mol. The van der Waals surface area contributed by atoms with Crippen LogP contribution >= 0.6 is 15.6 Å². The first-order chi connectivity index (χ1) is 47.4. The third-order valence-electron chi connectivity index (χ3n) is 18.8. The smallest absolute Gasteiger partial charge is 0.462 e. The van der Waals surface area contributed by atoms with Gasteiger partial charge in [0, 0.05) is 25.7 Å². The molecule has 0 spiro atoms. The Hall–Kier alpha value is -1.94. The van der Waals surface area contributed by atoms with Gasteiger partial charge in [0.1, 0.15) is 19.3 Å². The number of phosphoric ester groups is 2. The number of ether oxygens (including phenoxy) is 4. The van der Waals surface area contributed by atoms with Crippen LogP contribution in [0.5, 0.6) is 0 Å². The SMILES string of the molecule is CCCCCCCCCCCCCCCCCCCCC(=O)O[C@H](COC(=O)CCCCCCCCCCCCCCCCC(C)C)COP(=O)(O)OC[C@@H](O)COP(=O)(O)OC[C@@H](COC(=O)CCCCCCCCC(C)CC)OC(=O)CCCCCCCCCCCCCCC. The lowest BCUT2D eigenvalue weighted by atomic mass is 10.00. The molecule has 17 nitrogen and oxygen atoms in total. The van der Waals surface area contributed by atoms with E-state index < -0.39 is 97.5 Å².